The number of unbranched alkanes of at least 4 members (excludes halogenated alkanes) is 1. The van der Waals surface area contributed by atoms with Crippen LogP contribution in [0.1, 0.15) is 56.9 Å². The largest absolute Gasteiger partial charge is 0.259 e. The molecule has 0 radical (unpaired) electrons. The second-order valence-corrected chi connectivity index (χ2v) is 8.05. The standard InChI is InChI=1S/C24H27F2N3.ClH/c25-22-14-13-20(18-10-6-11-19(15-18)24-27-16-28-29-24)23(26)21(22)12-5-4-9-17-7-2-1-3-8-17;/h6,10-11,13-17H,1-5,7-9,12H2,(H,27,28,29);1H. The second-order valence-electron chi connectivity index (χ2n) is 8.05. The second kappa shape index (κ2) is 10.7. The van der Waals surface area contributed by atoms with Gasteiger partial charge >= 0.3 is 0 Å². The summed E-state index contributed by atoms with van der Waals surface area (Å²) in [5.74, 6) is 0.536. The molecule has 1 aliphatic rings. The summed E-state index contributed by atoms with van der Waals surface area (Å²) in [6.07, 6.45) is 11.6. The van der Waals surface area contributed by atoms with E-state index in [-0.39, 0.29) is 18.0 Å². The Morgan fingerprint density at radius 3 is 2.53 bits per heavy atom. The molecule has 3 aromatic rings. The summed E-state index contributed by atoms with van der Waals surface area (Å²) < 4.78 is 29.6. The maximum Gasteiger partial charge on any atom is 0.155 e. The Balaban J connectivity index is 0.00000256. The van der Waals surface area contributed by atoms with Crippen LogP contribution in [0.2, 0.25) is 0 Å². The Bertz CT molecular complexity index is 938. The summed E-state index contributed by atoms with van der Waals surface area (Å²) in [6.45, 7) is 0. The van der Waals surface area contributed by atoms with Crippen molar-refractivity contribution in [2.75, 3.05) is 0 Å². The van der Waals surface area contributed by atoms with Crippen LogP contribution in [0.3, 0.4) is 0 Å². The smallest absolute Gasteiger partial charge is 0.155 e. The first kappa shape index (κ1) is 22.4. The molecule has 1 fully saturated rings. The minimum atomic E-state index is -0.449. The topological polar surface area (TPSA) is 41.6 Å². The fraction of sp³-hybridized carbons (Fsp3) is 0.417. The fourth-order valence-electron chi connectivity index (χ4n) is 4.44. The minimum absolute atomic E-state index is 0. The fourth-order valence-corrected chi connectivity index (χ4v) is 4.44. The molecule has 0 amide bonds. The van der Waals surface area contributed by atoms with E-state index in [9.17, 15) is 4.39 Å². The molecule has 6 heteroatoms. The van der Waals surface area contributed by atoms with Gasteiger partial charge in [0.1, 0.15) is 18.0 Å². The molecule has 3 nitrogen and oxygen atoms in total. The van der Waals surface area contributed by atoms with Crippen molar-refractivity contribution in [2.45, 2.75) is 57.8 Å². The van der Waals surface area contributed by atoms with Crippen LogP contribution < -0.4 is 0 Å². The highest BCUT2D eigenvalue weighted by atomic mass is 35.5. The van der Waals surface area contributed by atoms with Crippen molar-refractivity contribution < 1.29 is 8.78 Å². The molecule has 0 atom stereocenters. The summed E-state index contributed by atoms with van der Waals surface area (Å²) in [5, 5.41) is 6.67. The van der Waals surface area contributed by atoms with Crippen molar-refractivity contribution in [1.29, 1.82) is 0 Å². The van der Waals surface area contributed by atoms with E-state index in [0.29, 0.717) is 23.4 Å². The number of H-pyrrole nitrogens is 1. The van der Waals surface area contributed by atoms with Crippen LogP contribution in [0.15, 0.2) is 42.7 Å². The van der Waals surface area contributed by atoms with Crippen molar-refractivity contribution in [3.63, 3.8) is 0 Å². The third-order valence-corrected chi connectivity index (χ3v) is 6.06. The minimum Gasteiger partial charge on any atom is -0.259 e. The van der Waals surface area contributed by atoms with E-state index >= 15 is 4.39 Å². The van der Waals surface area contributed by atoms with E-state index in [1.54, 1.807) is 0 Å². The summed E-state index contributed by atoms with van der Waals surface area (Å²) in [7, 11) is 0. The molecule has 4 rings (SSSR count). The first-order valence-corrected chi connectivity index (χ1v) is 10.7. The summed E-state index contributed by atoms with van der Waals surface area (Å²) >= 11 is 0. The highest BCUT2D eigenvalue weighted by molar-refractivity contribution is 5.85. The molecular weight excluding hydrogens is 404 g/mol. The van der Waals surface area contributed by atoms with Crippen molar-refractivity contribution in [3.05, 3.63) is 59.9 Å². The normalized spacial score (nSPS) is 14.5. The molecule has 30 heavy (non-hydrogen) atoms. The number of benzene rings is 2. The van der Waals surface area contributed by atoms with Gasteiger partial charge in [0.05, 0.1) is 0 Å². The van der Waals surface area contributed by atoms with Gasteiger partial charge in [-0.3, -0.25) is 5.10 Å². The predicted molar refractivity (Wildman–Crippen MR) is 119 cm³/mol. The zero-order chi connectivity index (χ0) is 20.1. The summed E-state index contributed by atoms with van der Waals surface area (Å²) in [4.78, 5) is 4.14. The number of rotatable bonds is 7. The molecule has 160 valence electrons. The van der Waals surface area contributed by atoms with Gasteiger partial charge in [0.15, 0.2) is 5.82 Å². The van der Waals surface area contributed by atoms with E-state index < -0.39 is 11.6 Å². The first-order chi connectivity index (χ1) is 14.2. The molecule has 1 N–H and O–H groups in total. The van der Waals surface area contributed by atoms with Crippen LogP contribution >= 0.6 is 12.4 Å². The average Bonchev–Trinajstić information content (AvgIpc) is 3.29. The number of nitrogens with zero attached hydrogens (tertiary/aromatic N) is 2. The van der Waals surface area contributed by atoms with E-state index in [1.807, 2.05) is 24.3 Å². The van der Waals surface area contributed by atoms with Crippen LogP contribution in [-0.2, 0) is 6.42 Å². The molecule has 1 heterocycles. The van der Waals surface area contributed by atoms with Gasteiger partial charge in [-0.25, -0.2) is 13.8 Å². The van der Waals surface area contributed by atoms with Crippen LogP contribution in [0.4, 0.5) is 8.78 Å². The molecule has 0 saturated heterocycles. The van der Waals surface area contributed by atoms with Crippen molar-refractivity contribution >= 4 is 12.4 Å². The summed E-state index contributed by atoms with van der Waals surface area (Å²) in [6, 6.07) is 10.3. The Kier molecular flexibility index (Phi) is 7.97. The third-order valence-electron chi connectivity index (χ3n) is 6.06. The molecule has 1 aliphatic carbocycles. The number of nitrogens with one attached hydrogen (secondary N) is 1. The SMILES string of the molecule is Cl.Fc1ccc(-c2cccc(-c3ncn[nH]3)c2)c(F)c1CCCCC1CCCCC1. The monoisotopic (exact) mass is 431 g/mol. The van der Waals surface area contributed by atoms with Gasteiger partial charge < -0.3 is 0 Å². The van der Waals surface area contributed by atoms with E-state index in [0.717, 1.165) is 24.3 Å². The molecular formula is C24H28ClF2N3. The van der Waals surface area contributed by atoms with Crippen LogP contribution in [0.25, 0.3) is 22.5 Å². The number of hydrogen-bond acceptors (Lipinski definition) is 2. The number of hydrogen-bond donors (Lipinski definition) is 1. The van der Waals surface area contributed by atoms with Gasteiger partial charge in [0.25, 0.3) is 0 Å². The lowest BCUT2D eigenvalue weighted by molar-refractivity contribution is 0.329. The quantitative estimate of drug-likeness (QED) is 0.404. The Labute approximate surface area is 182 Å². The van der Waals surface area contributed by atoms with Crippen molar-refractivity contribution in [3.8, 4) is 22.5 Å². The lowest BCUT2D eigenvalue weighted by Crippen LogP contribution is -2.06. The van der Waals surface area contributed by atoms with Gasteiger partial charge in [-0.2, -0.15) is 5.10 Å². The third kappa shape index (κ3) is 5.25. The predicted octanol–water partition coefficient (Wildman–Crippen LogP) is 7.13. The molecule has 1 saturated carbocycles. The Hall–Kier alpha value is -2.27. The van der Waals surface area contributed by atoms with Crippen molar-refractivity contribution in [2.24, 2.45) is 5.92 Å². The summed E-state index contributed by atoms with van der Waals surface area (Å²) in [5.41, 5.74) is 2.16. The van der Waals surface area contributed by atoms with Crippen LogP contribution in [-0.4, -0.2) is 15.2 Å². The van der Waals surface area contributed by atoms with E-state index in [1.165, 1.54) is 57.0 Å². The zero-order valence-corrected chi connectivity index (χ0v) is 17.9. The highest BCUT2D eigenvalue weighted by Gasteiger charge is 2.17. The van der Waals surface area contributed by atoms with E-state index in [2.05, 4.69) is 15.2 Å². The van der Waals surface area contributed by atoms with E-state index in [4.69, 9.17) is 0 Å². The van der Waals surface area contributed by atoms with Gasteiger partial charge in [-0.15, -0.1) is 12.4 Å². The van der Waals surface area contributed by atoms with Crippen LogP contribution in [0, 0.1) is 17.6 Å². The number of aromatic amines is 1. The van der Waals surface area contributed by atoms with Crippen molar-refractivity contribution in [1.82, 2.24) is 15.2 Å². The average molecular weight is 432 g/mol. The lowest BCUT2D eigenvalue weighted by atomic mass is 9.85. The Morgan fingerprint density at radius 2 is 1.77 bits per heavy atom. The van der Waals surface area contributed by atoms with Gasteiger partial charge in [0.2, 0.25) is 0 Å². The van der Waals surface area contributed by atoms with Crippen LogP contribution in [0.5, 0.6) is 0 Å². The maximum absolute atomic E-state index is 15.2. The molecule has 0 aliphatic heterocycles. The first-order valence-electron chi connectivity index (χ1n) is 10.7. The molecule has 1 aromatic heterocycles. The lowest BCUT2D eigenvalue weighted by Gasteiger charge is -2.21. The van der Waals surface area contributed by atoms with Gasteiger partial charge in [-0.1, -0.05) is 63.1 Å². The molecule has 0 unspecified atom stereocenters. The zero-order valence-electron chi connectivity index (χ0n) is 17.0. The highest BCUT2D eigenvalue weighted by Crippen LogP contribution is 2.31. The molecule has 0 bridgehead atoms. The maximum atomic E-state index is 15.2. The number of aromatic nitrogens is 3. The molecule has 2 aromatic carbocycles. The number of halogens is 3. The molecule has 0 spiro atoms. The Morgan fingerprint density at radius 1 is 0.967 bits per heavy atom. The van der Waals surface area contributed by atoms with Gasteiger partial charge in [0, 0.05) is 16.7 Å². The van der Waals surface area contributed by atoms with Gasteiger partial charge in [-0.05, 0) is 42.5 Å².